The number of anilines is 6. The van der Waals surface area contributed by atoms with Gasteiger partial charge in [-0.2, -0.15) is 0 Å². The van der Waals surface area contributed by atoms with E-state index in [1.54, 1.807) is 0 Å². The molecule has 12 aromatic rings. The zero-order valence-corrected chi connectivity index (χ0v) is 38.6. The first kappa shape index (κ1) is 40.5. The number of nitrogens with zero attached hydrogens (tertiary/aromatic N) is 2. The van der Waals surface area contributed by atoms with Gasteiger partial charge in [0.15, 0.2) is 0 Å². The molecule has 0 bridgehead atoms. The average molecular weight is 881 g/mol. The first-order chi connectivity index (χ1) is 34.0. The van der Waals surface area contributed by atoms with Crippen LogP contribution in [0.25, 0.3) is 76.5 Å². The van der Waals surface area contributed by atoms with Gasteiger partial charge in [0.2, 0.25) is 0 Å². The molecule has 0 saturated carbocycles. The van der Waals surface area contributed by atoms with E-state index in [2.05, 4.69) is 278 Å². The molecule has 0 heterocycles. The van der Waals surface area contributed by atoms with Crippen LogP contribution in [0.4, 0.5) is 34.1 Å². The van der Waals surface area contributed by atoms with Gasteiger partial charge in [-0.05, 0) is 173 Å². The Balaban J connectivity index is 1.14. The Morgan fingerprint density at radius 1 is 0.261 bits per heavy atom. The van der Waals surface area contributed by atoms with Crippen molar-refractivity contribution in [3.63, 3.8) is 0 Å². The first-order valence-electron chi connectivity index (χ1n) is 24.0. The Hall–Kier alpha value is -8.72. The highest BCUT2D eigenvalue weighted by atomic mass is 15.1. The summed E-state index contributed by atoms with van der Waals surface area (Å²) in [6.07, 6.45) is 0. The highest BCUT2D eigenvalue weighted by molar-refractivity contribution is 6.23. The molecule has 0 radical (unpaired) electrons. The molecule has 326 valence electrons. The number of benzene rings is 12. The van der Waals surface area contributed by atoms with Crippen molar-refractivity contribution in [2.24, 2.45) is 0 Å². The van der Waals surface area contributed by atoms with Crippen LogP contribution in [0.5, 0.6) is 0 Å². The molecule has 0 spiro atoms. The van der Waals surface area contributed by atoms with Crippen LogP contribution in [-0.4, -0.2) is 0 Å². The smallest absolute Gasteiger partial charge is 0.0468 e. The first-order valence-corrected chi connectivity index (χ1v) is 24.0. The molecule has 1 aliphatic rings. The average Bonchev–Trinajstić information content (AvgIpc) is 3.63. The SMILES string of the molecule is CC1(C)c2ccccc2-c2ccc(-c3c4ccc(N(c5ccccc5)c5ccc6ccccc6c5)cc4c(-c4ccc5ccccc5c4)c4ccc(N(c5ccccc5)c5ccccc5)cc34)cc21. The van der Waals surface area contributed by atoms with Crippen LogP contribution in [0.3, 0.4) is 0 Å². The molecule has 0 fully saturated rings. The maximum atomic E-state index is 2.50. The molecule has 12 aromatic carbocycles. The van der Waals surface area contributed by atoms with E-state index >= 15 is 0 Å². The molecule has 0 saturated heterocycles. The molecule has 0 aliphatic heterocycles. The third-order valence-electron chi connectivity index (χ3n) is 14.5. The topological polar surface area (TPSA) is 6.48 Å². The van der Waals surface area contributed by atoms with Crippen LogP contribution in [0.2, 0.25) is 0 Å². The van der Waals surface area contributed by atoms with E-state index in [0.29, 0.717) is 0 Å². The number of para-hydroxylation sites is 3. The summed E-state index contributed by atoms with van der Waals surface area (Å²) in [5.41, 5.74) is 16.7. The minimum Gasteiger partial charge on any atom is -0.310 e. The van der Waals surface area contributed by atoms with Crippen molar-refractivity contribution in [1.29, 1.82) is 0 Å². The van der Waals surface area contributed by atoms with Crippen molar-refractivity contribution in [3.8, 4) is 33.4 Å². The van der Waals surface area contributed by atoms with E-state index in [1.807, 2.05) is 0 Å². The highest BCUT2D eigenvalue weighted by Gasteiger charge is 2.35. The number of fused-ring (bicyclic) bond motifs is 7. The lowest BCUT2D eigenvalue weighted by molar-refractivity contribution is 0.660. The van der Waals surface area contributed by atoms with Gasteiger partial charge in [0.1, 0.15) is 0 Å². The van der Waals surface area contributed by atoms with Crippen molar-refractivity contribution < 1.29 is 0 Å². The summed E-state index contributed by atoms with van der Waals surface area (Å²) < 4.78 is 0. The van der Waals surface area contributed by atoms with Crippen molar-refractivity contribution in [1.82, 2.24) is 0 Å². The largest absolute Gasteiger partial charge is 0.310 e. The predicted molar refractivity (Wildman–Crippen MR) is 294 cm³/mol. The third-order valence-corrected chi connectivity index (χ3v) is 14.5. The zero-order valence-electron chi connectivity index (χ0n) is 38.6. The summed E-state index contributed by atoms with van der Waals surface area (Å²) in [5, 5.41) is 9.69. The third kappa shape index (κ3) is 6.79. The van der Waals surface area contributed by atoms with E-state index in [9.17, 15) is 0 Å². The minimum atomic E-state index is -0.162. The highest BCUT2D eigenvalue weighted by Crippen LogP contribution is 2.53. The molecule has 0 N–H and O–H groups in total. The molecular weight excluding hydrogens is 833 g/mol. The molecule has 1 aliphatic carbocycles. The molecule has 2 heteroatoms. The van der Waals surface area contributed by atoms with Crippen molar-refractivity contribution >= 4 is 77.2 Å². The van der Waals surface area contributed by atoms with Crippen LogP contribution >= 0.6 is 0 Å². The summed E-state index contributed by atoms with van der Waals surface area (Å²) in [6, 6.07) is 94.0. The van der Waals surface area contributed by atoms with E-state index in [4.69, 9.17) is 0 Å². The standard InChI is InChI=1S/C67H48N2/c1-67(2)63-29-17-16-28-57(63)58-37-33-50(42-64(58)67)66-60-39-36-56(69(53-26-10-5-11-27-53)54-34-32-46-19-13-15-21-48(46)41-54)44-61(60)65(49-31-30-45-18-12-14-20-47(45)40-49)59-38-35-55(43-62(59)66)68(51-22-6-3-7-23-51)52-24-8-4-9-25-52/h3-44H,1-2H3. The summed E-state index contributed by atoms with van der Waals surface area (Å²) in [5.74, 6) is 0. The molecule has 2 nitrogen and oxygen atoms in total. The molecule has 0 amide bonds. The Kier molecular flexibility index (Phi) is 9.55. The van der Waals surface area contributed by atoms with Crippen LogP contribution in [-0.2, 0) is 5.41 Å². The zero-order chi connectivity index (χ0) is 46.1. The molecular formula is C67H48N2. The van der Waals surface area contributed by atoms with E-state index < -0.39 is 0 Å². The summed E-state index contributed by atoms with van der Waals surface area (Å²) >= 11 is 0. The second-order valence-electron chi connectivity index (χ2n) is 18.9. The lowest BCUT2D eigenvalue weighted by atomic mass is 9.80. The minimum absolute atomic E-state index is 0.162. The molecule has 0 unspecified atom stereocenters. The lowest BCUT2D eigenvalue weighted by Crippen LogP contribution is -2.14. The Bertz CT molecular complexity index is 3890. The van der Waals surface area contributed by atoms with Crippen molar-refractivity contribution in [2.75, 3.05) is 9.80 Å². The molecule has 69 heavy (non-hydrogen) atoms. The van der Waals surface area contributed by atoms with Crippen LogP contribution in [0.15, 0.2) is 255 Å². The van der Waals surface area contributed by atoms with Gasteiger partial charge in [0.25, 0.3) is 0 Å². The maximum Gasteiger partial charge on any atom is 0.0468 e. The van der Waals surface area contributed by atoms with Gasteiger partial charge in [0.05, 0.1) is 0 Å². The predicted octanol–water partition coefficient (Wildman–Crippen LogP) is 18.9. The second kappa shape index (κ2) is 16.3. The van der Waals surface area contributed by atoms with Gasteiger partial charge in [-0.25, -0.2) is 0 Å². The summed E-state index contributed by atoms with van der Waals surface area (Å²) in [4.78, 5) is 4.80. The summed E-state index contributed by atoms with van der Waals surface area (Å²) in [6.45, 7) is 4.76. The fraction of sp³-hybridized carbons (Fsp3) is 0.0448. The maximum absolute atomic E-state index is 2.50. The number of rotatable bonds is 8. The summed E-state index contributed by atoms with van der Waals surface area (Å²) in [7, 11) is 0. The monoisotopic (exact) mass is 880 g/mol. The Morgan fingerprint density at radius 3 is 1.25 bits per heavy atom. The van der Waals surface area contributed by atoms with E-state index in [-0.39, 0.29) is 5.41 Å². The number of hydrogen-bond donors (Lipinski definition) is 0. The molecule has 13 rings (SSSR count). The van der Waals surface area contributed by atoms with Gasteiger partial charge < -0.3 is 9.80 Å². The second-order valence-corrected chi connectivity index (χ2v) is 18.9. The van der Waals surface area contributed by atoms with Gasteiger partial charge in [-0.3, -0.25) is 0 Å². The van der Waals surface area contributed by atoms with Crippen LogP contribution in [0.1, 0.15) is 25.0 Å². The normalized spacial score (nSPS) is 12.6. The number of hydrogen-bond acceptors (Lipinski definition) is 2. The molecule has 0 aromatic heterocycles. The van der Waals surface area contributed by atoms with Crippen LogP contribution < -0.4 is 9.80 Å². The lowest BCUT2D eigenvalue weighted by Gasteiger charge is -2.28. The quantitative estimate of drug-likeness (QED) is 0.140. The van der Waals surface area contributed by atoms with Crippen molar-refractivity contribution in [2.45, 2.75) is 19.3 Å². The fourth-order valence-corrected chi connectivity index (χ4v) is 11.3. The van der Waals surface area contributed by atoms with Gasteiger partial charge in [-0.1, -0.05) is 184 Å². The Labute approximate surface area is 403 Å². The fourth-order valence-electron chi connectivity index (χ4n) is 11.3. The van der Waals surface area contributed by atoms with Gasteiger partial charge >= 0.3 is 0 Å². The van der Waals surface area contributed by atoms with Gasteiger partial charge in [0, 0.05) is 39.5 Å². The molecule has 0 atom stereocenters. The van der Waals surface area contributed by atoms with Crippen molar-refractivity contribution in [3.05, 3.63) is 266 Å². The Morgan fingerprint density at radius 2 is 0.667 bits per heavy atom. The van der Waals surface area contributed by atoms with Gasteiger partial charge in [-0.15, -0.1) is 0 Å². The van der Waals surface area contributed by atoms with Crippen LogP contribution in [0, 0.1) is 0 Å². The van der Waals surface area contributed by atoms with E-state index in [1.165, 1.54) is 87.6 Å². The van der Waals surface area contributed by atoms with E-state index in [0.717, 1.165) is 34.1 Å².